The summed E-state index contributed by atoms with van der Waals surface area (Å²) in [5.74, 6) is -1.07. The van der Waals surface area contributed by atoms with Crippen LogP contribution in [0.2, 0.25) is 0 Å². The largest absolute Gasteiger partial charge is 0.478 e. The third-order valence-corrected chi connectivity index (χ3v) is 4.56. The van der Waals surface area contributed by atoms with Gasteiger partial charge in [-0.25, -0.2) is 14.5 Å². The second-order valence-electron chi connectivity index (χ2n) is 5.57. The van der Waals surface area contributed by atoms with Crippen molar-refractivity contribution in [3.8, 4) is 16.4 Å². The van der Waals surface area contributed by atoms with Crippen molar-refractivity contribution in [2.75, 3.05) is 0 Å². The number of alkyl halides is 3. The van der Waals surface area contributed by atoms with E-state index in [-0.39, 0.29) is 5.56 Å². The van der Waals surface area contributed by atoms with E-state index < -0.39 is 17.7 Å². The van der Waals surface area contributed by atoms with Gasteiger partial charge in [-0.1, -0.05) is 25.5 Å². The molecule has 0 radical (unpaired) electrons. The van der Waals surface area contributed by atoms with Crippen molar-refractivity contribution in [2.45, 2.75) is 25.9 Å². The Hall–Kier alpha value is -2.68. The minimum Gasteiger partial charge on any atom is -0.478 e. The van der Waals surface area contributed by atoms with Gasteiger partial charge < -0.3 is 5.11 Å². The van der Waals surface area contributed by atoms with Crippen molar-refractivity contribution in [3.63, 3.8) is 0 Å². The van der Waals surface area contributed by atoms with E-state index in [1.165, 1.54) is 28.3 Å². The lowest BCUT2D eigenvalue weighted by Gasteiger charge is -2.07. The van der Waals surface area contributed by atoms with Gasteiger partial charge in [0.2, 0.25) is 5.13 Å². The second kappa shape index (κ2) is 6.91. The number of rotatable bonds is 5. The number of carboxylic acids is 1. The SMILES string of the molecule is CCCc1c(C(=O)O)cnn1-c1nc(-c2cccc(C(F)(F)F)c2)cs1. The first kappa shape index (κ1) is 18.1. The van der Waals surface area contributed by atoms with Gasteiger partial charge in [-0.15, -0.1) is 11.3 Å². The third kappa shape index (κ3) is 3.48. The molecule has 3 aromatic rings. The van der Waals surface area contributed by atoms with Crippen molar-refractivity contribution < 1.29 is 23.1 Å². The molecule has 0 aliphatic rings. The average molecular weight is 381 g/mol. The van der Waals surface area contributed by atoms with Gasteiger partial charge in [0.15, 0.2) is 0 Å². The van der Waals surface area contributed by atoms with Crippen LogP contribution in [0.25, 0.3) is 16.4 Å². The predicted molar refractivity (Wildman–Crippen MR) is 90.6 cm³/mol. The molecule has 3 rings (SSSR count). The zero-order valence-electron chi connectivity index (χ0n) is 13.6. The fraction of sp³-hybridized carbons (Fsp3) is 0.235. The molecule has 0 saturated carbocycles. The van der Waals surface area contributed by atoms with Crippen molar-refractivity contribution >= 4 is 17.3 Å². The van der Waals surface area contributed by atoms with Crippen LogP contribution >= 0.6 is 11.3 Å². The maximum absolute atomic E-state index is 12.9. The molecule has 0 fully saturated rings. The highest BCUT2D eigenvalue weighted by Gasteiger charge is 2.30. The molecule has 2 aromatic heterocycles. The Morgan fingerprint density at radius 3 is 2.77 bits per heavy atom. The molecule has 0 unspecified atom stereocenters. The lowest BCUT2D eigenvalue weighted by molar-refractivity contribution is -0.137. The molecule has 1 N–H and O–H groups in total. The molecule has 26 heavy (non-hydrogen) atoms. The molecule has 0 spiro atoms. The van der Waals surface area contributed by atoms with E-state index in [0.717, 1.165) is 18.6 Å². The fourth-order valence-corrected chi connectivity index (χ4v) is 3.36. The number of hydrogen-bond acceptors (Lipinski definition) is 4. The Kier molecular flexibility index (Phi) is 4.82. The van der Waals surface area contributed by atoms with Crippen LogP contribution in [-0.2, 0) is 12.6 Å². The topological polar surface area (TPSA) is 68.0 Å². The van der Waals surface area contributed by atoms with Crippen LogP contribution in [0.5, 0.6) is 0 Å². The minimum atomic E-state index is -4.43. The number of benzene rings is 1. The average Bonchev–Trinajstić information content (AvgIpc) is 3.21. The summed E-state index contributed by atoms with van der Waals surface area (Å²) in [7, 11) is 0. The quantitative estimate of drug-likeness (QED) is 0.698. The summed E-state index contributed by atoms with van der Waals surface area (Å²) in [4.78, 5) is 15.7. The second-order valence-corrected chi connectivity index (χ2v) is 6.40. The van der Waals surface area contributed by atoms with Crippen LogP contribution in [0.15, 0.2) is 35.8 Å². The molecule has 0 amide bonds. The van der Waals surface area contributed by atoms with Crippen LogP contribution in [0, 0.1) is 0 Å². The number of carboxylic acid groups (broad SMARTS) is 1. The summed E-state index contributed by atoms with van der Waals surface area (Å²) in [6, 6.07) is 4.92. The van der Waals surface area contributed by atoms with E-state index in [1.807, 2.05) is 6.92 Å². The van der Waals surface area contributed by atoms with Gasteiger partial charge in [-0.3, -0.25) is 0 Å². The summed E-state index contributed by atoms with van der Waals surface area (Å²) in [5.41, 5.74) is 0.590. The highest BCUT2D eigenvalue weighted by atomic mass is 32.1. The highest BCUT2D eigenvalue weighted by Crippen LogP contribution is 2.33. The highest BCUT2D eigenvalue weighted by molar-refractivity contribution is 7.12. The van der Waals surface area contributed by atoms with Crippen LogP contribution in [0.4, 0.5) is 13.2 Å². The number of carbonyl (C=O) groups is 1. The Morgan fingerprint density at radius 2 is 2.12 bits per heavy atom. The Bertz CT molecular complexity index is 947. The molecule has 0 bridgehead atoms. The minimum absolute atomic E-state index is 0.0997. The van der Waals surface area contributed by atoms with Gasteiger partial charge in [-0.05, 0) is 18.6 Å². The van der Waals surface area contributed by atoms with Crippen molar-refractivity contribution in [1.29, 1.82) is 0 Å². The molecule has 1 aromatic carbocycles. The van der Waals surface area contributed by atoms with E-state index in [0.29, 0.717) is 28.5 Å². The zero-order valence-corrected chi connectivity index (χ0v) is 14.4. The Morgan fingerprint density at radius 1 is 1.35 bits per heavy atom. The molecule has 2 heterocycles. The van der Waals surface area contributed by atoms with E-state index in [2.05, 4.69) is 10.1 Å². The first-order valence-corrected chi connectivity index (χ1v) is 8.63. The summed E-state index contributed by atoms with van der Waals surface area (Å²) in [6.07, 6.45) is -1.95. The predicted octanol–water partition coefficient (Wildman–Crippen LogP) is 4.67. The van der Waals surface area contributed by atoms with Crippen LogP contribution in [-0.4, -0.2) is 25.8 Å². The summed E-state index contributed by atoms with van der Waals surface area (Å²) < 4.78 is 40.1. The van der Waals surface area contributed by atoms with Crippen LogP contribution < -0.4 is 0 Å². The van der Waals surface area contributed by atoms with E-state index >= 15 is 0 Å². The summed E-state index contributed by atoms with van der Waals surface area (Å²) in [6.45, 7) is 1.92. The van der Waals surface area contributed by atoms with E-state index in [4.69, 9.17) is 0 Å². The molecule has 9 heteroatoms. The van der Waals surface area contributed by atoms with Crippen LogP contribution in [0.1, 0.15) is 35.0 Å². The van der Waals surface area contributed by atoms with E-state index in [1.54, 1.807) is 11.4 Å². The molecule has 0 atom stereocenters. The number of halogens is 3. The third-order valence-electron chi connectivity index (χ3n) is 3.75. The lowest BCUT2D eigenvalue weighted by atomic mass is 10.1. The maximum atomic E-state index is 12.9. The summed E-state index contributed by atoms with van der Waals surface area (Å²) in [5, 5.41) is 15.4. The monoisotopic (exact) mass is 381 g/mol. The van der Waals surface area contributed by atoms with Gasteiger partial charge in [0, 0.05) is 10.9 Å². The van der Waals surface area contributed by atoms with Gasteiger partial charge in [-0.2, -0.15) is 18.3 Å². The van der Waals surface area contributed by atoms with Crippen molar-refractivity contribution in [3.05, 3.63) is 52.7 Å². The first-order valence-electron chi connectivity index (χ1n) is 7.75. The first-order chi connectivity index (χ1) is 12.3. The lowest BCUT2D eigenvalue weighted by Crippen LogP contribution is -2.06. The number of aromatic nitrogens is 3. The normalized spacial score (nSPS) is 11.7. The van der Waals surface area contributed by atoms with Crippen molar-refractivity contribution in [2.24, 2.45) is 0 Å². The number of thiazole rings is 1. The molecule has 0 saturated heterocycles. The zero-order chi connectivity index (χ0) is 18.9. The Balaban J connectivity index is 2.00. The molecular formula is C17H14F3N3O2S. The van der Waals surface area contributed by atoms with E-state index in [9.17, 15) is 23.1 Å². The van der Waals surface area contributed by atoms with Crippen molar-refractivity contribution in [1.82, 2.24) is 14.8 Å². The summed E-state index contributed by atoms with van der Waals surface area (Å²) >= 11 is 1.19. The van der Waals surface area contributed by atoms with Gasteiger partial charge >= 0.3 is 12.1 Å². The molecule has 136 valence electrons. The number of aromatic carboxylic acids is 1. The maximum Gasteiger partial charge on any atom is 0.416 e. The fourth-order valence-electron chi connectivity index (χ4n) is 2.54. The Labute approximate surface area is 150 Å². The number of hydrogen-bond donors (Lipinski definition) is 1. The number of nitrogens with zero attached hydrogens (tertiary/aromatic N) is 3. The smallest absolute Gasteiger partial charge is 0.416 e. The molecular weight excluding hydrogens is 367 g/mol. The molecule has 0 aliphatic heterocycles. The molecule has 0 aliphatic carbocycles. The van der Waals surface area contributed by atoms with Gasteiger partial charge in [0.25, 0.3) is 0 Å². The van der Waals surface area contributed by atoms with Gasteiger partial charge in [0.05, 0.1) is 23.1 Å². The standard InChI is InChI=1S/C17H14F3N3O2S/c1-2-4-14-12(15(24)25)8-21-23(14)16-22-13(9-26-16)10-5-3-6-11(7-10)17(18,19)20/h3,5-9H,2,4H2,1H3,(H,24,25). The van der Waals surface area contributed by atoms with Crippen LogP contribution in [0.3, 0.4) is 0 Å². The molecule has 5 nitrogen and oxygen atoms in total. The van der Waals surface area contributed by atoms with Gasteiger partial charge in [0.1, 0.15) is 5.56 Å².